The minimum atomic E-state index is -1.06. The van der Waals surface area contributed by atoms with Gasteiger partial charge in [-0.05, 0) is 18.4 Å². The van der Waals surface area contributed by atoms with E-state index in [-0.39, 0.29) is 11.3 Å². The summed E-state index contributed by atoms with van der Waals surface area (Å²) < 4.78 is 25.8. The molecule has 1 saturated carbocycles. The maximum absolute atomic E-state index is 13.0. The summed E-state index contributed by atoms with van der Waals surface area (Å²) >= 11 is 0. The van der Waals surface area contributed by atoms with Gasteiger partial charge < -0.3 is 11.1 Å². The second-order valence-corrected chi connectivity index (χ2v) is 4.34. The fourth-order valence-corrected chi connectivity index (χ4v) is 1.65. The molecule has 0 unspecified atom stereocenters. The molecule has 1 amide bonds. The number of carbonyl (C=O) groups is 1. The predicted octanol–water partition coefficient (Wildman–Crippen LogP) is 2.08. The Bertz CT molecular complexity index is 444. The van der Waals surface area contributed by atoms with Crippen molar-refractivity contribution in [1.82, 2.24) is 5.32 Å². The van der Waals surface area contributed by atoms with Gasteiger partial charge in [0.15, 0.2) is 11.6 Å². The van der Waals surface area contributed by atoms with E-state index in [0.717, 1.165) is 18.6 Å². The van der Waals surface area contributed by atoms with Crippen molar-refractivity contribution >= 4 is 11.6 Å². The van der Waals surface area contributed by atoms with Gasteiger partial charge in [-0.2, -0.15) is 0 Å². The van der Waals surface area contributed by atoms with E-state index in [0.29, 0.717) is 12.5 Å². The number of halogens is 2. The van der Waals surface area contributed by atoms with Crippen molar-refractivity contribution in [2.75, 3.05) is 12.3 Å². The van der Waals surface area contributed by atoms with Crippen LogP contribution in [0.2, 0.25) is 0 Å². The van der Waals surface area contributed by atoms with E-state index in [9.17, 15) is 13.6 Å². The molecule has 2 rings (SSSR count). The number of rotatable bonds is 4. The Morgan fingerprint density at radius 2 is 2.00 bits per heavy atom. The van der Waals surface area contributed by atoms with Crippen LogP contribution in [0.1, 0.15) is 29.6 Å². The predicted molar refractivity (Wildman–Crippen MR) is 60.4 cm³/mol. The molecule has 1 aromatic rings. The van der Waals surface area contributed by atoms with Crippen LogP contribution in [0.3, 0.4) is 0 Å². The van der Waals surface area contributed by atoms with Crippen molar-refractivity contribution in [3.8, 4) is 0 Å². The molecule has 3 N–H and O–H groups in total. The summed E-state index contributed by atoms with van der Waals surface area (Å²) in [5.74, 6) is -1.86. The fraction of sp³-hybridized carbons (Fsp3) is 0.417. The first-order valence-corrected chi connectivity index (χ1v) is 5.60. The Morgan fingerprint density at radius 3 is 2.65 bits per heavy atom. The quantitative estimate of drug-likeness (QED) is 0.792. The lowest BCUT2D eigenvalue weighted by Crippen LogP contribution is -2.25. The molecule has 0 saturated heterocycles. The first kappa shape index (κ1) is 11.8. The Kier molecular flexibility index (Phi) is 3.26. The second-order valence-electron chi connectivity index (χ2n) is 4.34. The number of anilines is 1. The number of benzene rings is 1. The number of nitrogens with two attached hydrogens (primary N) is 1. The average molecular weight is 240 g/mol. The Hall–Kier alpha value is -1.65. The summed E-state index contributed by atoms with van der Waals surface area (Å²) in [6.45, 7) is 0.544. The molecular formula is C12H14F2N2O. The van der Waals surface area contributed by atoms with Gasteiger partial charge in [-0.25, -0.2) is 8.78 Å². The molecule has 1 fully saturated rings. The molecule has 5 heteroatoms. The van der Waals surface area contributed by atoms with Gasteiger partial charge in [-0.1, -0.05) is 12.8 Å². The van der Waals surface area contributed by atoms with Gasteiger partial charge in [0, 0.05) is 18.3 Å². The second kappa shape index (κ2) is 4.69. The van der Waals surface area contributed by atoms with Gasteiger partial charge >= 0.3 is 0 Å². The van der Waals surface area contributed by atoms with Crippen LogP contribution in [0.25, 0.3) is 0 Å². The van der Waals surface area contributed by atoms with E-state index >= 15 is 0 Å². The molecule has 0 aliphatic heterocycles. The molecule has 1 aromatic carbocycles. The third-order valence-electron chi connectivity index (χ3n) is 2.87. The average Bonchev–Trinajstić information content (AvgIpc) is 3.07. The molecule has 0 heterocycles. The third kappa shape index (κ3) is 2.93. The van der Waals surface area contributed by atoms with E-state index in [1.54, 1.807) is 0 Å². The topological polar surface area (TPSA) is 55.1 Å². The van der Waals surface area contributed by atoms with Gasteiger partial charge in [0.1, 0.15) is 0 Å². The van der Waals surface area contributed by atoms with E-state index in [1.807, 2.05) is 0 Å². The Balaban J connectivity index is 1.99. The van der Waals surface area contributed by atoms with E-state index in [2.05, 4.69) is 5.32 Å². The lowest BCUT2D eigenvalue weighted by Gasteiger charge is -2.07. The summed E-state index contributed by atoms with van der Waals surface area (Å²) in [4.78, 5) is 11.7. The first-order chi connectivity index (χ1) is 8.08. The number of hydrogen-bond donors (Lipinski definition) is 2. The first-order valence-electron chi connectivity index (χ1n) is 5.60. The molecule has 0 bridgehead atoms. The van der Waals surface area contributed by atoms with Gasteiger partial charge in [0.25, 0.3) is 5.91 Å². The molecule has 1 aliphatic carbocycles. The molecule has 1 aliphatic rings. The van der Waals surface area contributed by atoms with Gasteiger partial charge in [0.2, 0.25) is 0 Å². The smallest absolute Gasteiger partial charge is 0.253 e. The van der Waals surface area contributed by atoms with Crippen molar-refractivity contribution in [2.45, 2.75) is 19.3 Å². The van der Waals surface area contributed by atoms with Crippen molar-refractivity contribution < 1.29 is 13.6 Å². The fourth-order valence-electron chi connectivity index (χ4n) is 1.65. The minimum absolute atomic E-state index is 0.0142. The summed E-state index contributed by atoms with van der Waals surface area (Å²) in [5.41, 5.74) is 5.41. The largest absolute Gasteiger partial charge is 0.398 e. The van der Waals surface area contributed by atoms with E-state index in [4.69, 9.17) is 5.73 Å². The summed E-state index contributed by atoms with van der Waals surface area (Å²) in [6.07, 6.45) is 3.35. The minimum Gasteiger partial charge on any atom is -0.398 e. The zero-order valence-corrected chi connectivity index (χ0v) is 9.30. The summed E-state index contributed by atoms with van der Waals surface area (Å²) in [5, 5.41) is 2.65. The molecular weight excluding hydrogens is 226 g/mol. The molecule has 92 valence electrons. The summed E-state index contributed by atoms with van der Waals surface area (Å²) in [7, 11) is 0. The highest BCUT2D eigenvalue weighted by atomic mass is 19.2. The van der Waals surface area contributed by atoms with Crippen LogP contribution in [0, 0.1) is 17.6 Å². The lowest BCUT2D eigenvalue weighted by molar-refractivity contribution is 0.0953. The zero-order valence-electron chi connectivity index (χ0n) is 9.30. The number of nitrogens with one attached hydrogen (secondary N) is 1. The molecule has 0 spiro atoms. The standard InChI is InChI=1S/C12H14F2N2O/c13-9-5-8(11(15)6-10(9)14)12(17)16-4-3-7-1-2-7/h5-7H,1-4,15H2,(H,16,17). The van der Waals surface area contributed by atoms with Gasteiger partial charge in [0.05, 0.1) is 5.56 Å². The maximum atomic E-state index is 13.0. The monoisotopic (exact) mass is 240 g/mol. The van der Waals surface area contributed by atoms with Gasteiger partial charge in [-0.3, -0.25) is 4.79 Å². The van der Waals surface area contributed by atoms with Crippen LogP contribution in [-0.4, -0.2) is 12.5 Å². The van der Waals surface area contributed by atoms with Crippen molar-refractivity contribution in [1.29, 1.82) is 0 Å². The highest BCUT2D eigenvalue weighted by Crippen LogP contribution is 2.31. The number of carbonyl (C=O) groups excluding carboxylic acids is 1. The molecule has 0 aromatic heterocycles. The molecule has 0 radical (unpaired) electrons. The Morgan fingerprint density at radius 1 is 1.35 bits per heavy atom. The molecule has 0 atom stereocenters. The number of amides is 1. The van der Waals surface area contributed by atoms with Crippen LogP contribution in [0.4, 0.5) is 14.5 Å². The zero-order chi connectivity index (χ0) is 12.4. The normalized spacial score (nSPS) is 14.7. The summed E-state index contributed by atoms with van der Waals surface area (Å²) in [6, 6.07) is 1.66. The van der Waals surface area contributed by atoms with Gasteiger partial charge in [-0.15, -0.1) is 0 Å². The SMILES string of the molecule is Nc1cc(F)c(F)cc1C(=O)NCCC1CC1. The van der Waals surface area contributed by atoms with Crippen molar-refractivity contribution in [2.24, 2.45) is 5.92 Å². The van der Waals surface area contributed by atoms with Crippen LogP contribution >= 0.6 is 0 Å². The van der Waals surface area contributed by atoms with Crippen LogP contribution in [0.15, 0.2) is 12.1 Å². The molecule has 3 nitrogen and oxygen atoms in total. The van der Waals surface area contributed by atoms with E-state index in [1.165, 1.54) is 12.8 Å². The maximum Gasteiger partial charge on any atom is 0.253 e. The third-order valence-corrected chi connectivity index (χ3v) is 2.87. The van der Waals surface area contributed by atoms with Crippen molar-refractivity contribution in [3.63, 3.8) is 0 Å². The lowest BCUT2D eigenvalue weighted by atomic mass is 10.1. The highest BCUT2D eigenvalue weighted by Gasteiger charge is 2.21. The highest BCUT2D eigenvalue weighted by molar-refractivity contribution is 5.99. The Labute approximate surface area is 98.0 Å². The molecule has 17 heavy (non-hydrogen) atoms. The van der Waals surface area contributed by atoms with Crippen LogP contribution in [-0.2, 0) is 0 Å². The van der Waals surface area contributed by atoms with Crippen LogP contribution in [0.5, 0.6) is 0 Å². The van der Waals surface area contributed by atoms with Crippen molar-refractivity contribution in [3.05, 3.63) is 29.3 Å². The number of nitrogen functional groups attached to an aromatic ring is 1. The van der Waals surface area contributed by atoms with E-state index < -0.39 is 17.5 Å². The number of hydrogen-bond acceptors (Lipinski definition) is 2. The van der Waals surface area contributed by atoms with Crippen LogP contribution < -0.4 is 11.1 Å².